The average Bonchev–Trinajstić information content (AvgIpc) is 2.95. The lowest BCUT2D eigenvalue weighted by molar-refractivity contribution is -0.137. The Hall–Kier alpha value is -4.84. The Morgan fingerprint density at radius 3 is 1.62 bits per heavy atom. The summed E-state index contributed by atoms with van der Waals surface area (Å²) in [5.74, 6) is 0. The molecule has 4 aromatic rings. The van der Waals surface area contributed by atoms with Crippen molar-refractivity contribution in [3.8, 4) is 0 Å². The normalized spacial score (nSPS) is 13.0. The molecule has 0 heterocycles. The minimum atomic E-state index is -4.53. The molecule has 42 heavy (non-hydrogen) atoms. The molecule has 8 nitrogen and oxygen atoms in total. The number of halogens is 3. The zero-order valence-corrected chi connectivity index (χ0v) is 23.0. The molecule has 2 atom stereocenters. The van der Waals surface area contributed by atoms with Crippen molar-refractivity contribution in [2.45, 2.75) is 30.1 Å². The third-order valence-corrected chi connectivity index (χ3v) is 7.60. The monoisotopic (exact) mass is 596 g/mol. The molecule has 4 N–H and O–H groups in total. The summed E-state index contributed by atoms with van der Waals surface area (Å²) in [5, 5.41) is 7.94. The number of hydrogen-bond donors (Lipinski definition) is 4. The van der Waals surface area contributed by atoms with E-state index in [-0.39, 0.29) is 10.6 Å². The molecule has 218 valence electrons. The van der Waals surface area contributed by atoms with E-state index in [1.54, 1.807) is 79.7 Å². The van der Waals surface area contributed by atoms with Gasteiger partial charge in [0.05, 0.1) is 22.5 Å². The van der Waals surface area contributed by atoms with Gasteiger partial charge >= 0.3 is 18.2 Å². The second kappa shape index (κ2) is 12.8. The SMILES string of the molecule is Cc1ccc(S(=O)(=O)NC(=O)N[C@H](c2ccccc2)[C@@H](NC(=O)Nc2ccc(C(F)(F)F)cc2)c2ccccc2)cc1. The van der Waals surface area contributed by atoms with Gasteiger partial charge in [0, 0.05) is 5.69 Å². The second-order valence-corrected chi connectivity index (χ2v) is 11.0. The lowest BCUT2D eigenvalue weighted by Crippen LogP contribution is -2.46. The van der Waals surface area contributed by atoms with Gasteiger partial charge in [-0.15, -0.1) is 0 Å². The summed E-state index contributed by atoms with van der Waals surface area (Å²) < 4.78 is 66.5. The van der Waals surface area contributed by atoms with Crippen molar-refractivity contribution in [3.05, 3.63) is 131 Å². The van der Waals surface area contributed by atoms with Crippen molar-refractivity contribution < 1.29 is 31.2 Å². The van der Waals surface area contributed by atoms with Gasteiger partial charge in [-0.1, -0.05) is 78.4 Å². The third kappa shape index (κ3) is 7.88. The predicted molar refractivity (Wildman–Crippen MR) is 152 cm³/mol. The zero-order valence-electron chi connectivity index (χ0n) is 22.2. The van der Waals surface area contributed by atoms with Gasteiger partial charge in [-0.25, -0.2) is 22.7 Å². The Morgan fingerprint density at radius 1 is 0.667 bits per heavy atom. The molecule has 0 aliphatic carbocycles. The largest absolute Gasteiger partial charge is 0.416 e. The van der Waals surface area contributed by atoms with Crippen LogP contribution in [0.1, 0.15) is 34.3 Å². The summed E-state index contributed by atoms with van der Waals surface area (Å²) in [7, 11) is -4.21. The van der Waals surface area contributed by atoms with Crippen LogP contribution in [0, 0.1) is 6.92 Å². The molecule has 0 fully saturated rings. The Balaban J connectivity index is 1.60. The molecule has 4 amide bonds. The molecule has 0 radical (unpaired) electrons. The van der Waals surface area contributed by atoms with Crippen LogP contribution < -0.4 is 20.7 Å². The number of alkyl halides is 3. The predicted octanol–water partition coefficient (Wildman–Crippen LogP) is 6.31. The lowest BCUT2D eigenvalue weighted by Gasteiger charge is -2.30. The number of nitrogens with one attached hydrogen (secondary N) is 4. The highest BCUT2D eigenvalue weighted by Gasteiger charge is 2.31. The quantitative estimate of drug-likeness (QED) is 0.191. The van der Waals surface area contributed by atoms with E-state index >= 15 is 0 Å². The fourth-order valence-corrected chi connectivity index (χ4v) is 5.07. The first-order chi connectivity index (χ1) is 19.9. The first-order valence-corrected chi connectivity index (χ1v) is 14.2. The van der Waals surface area contributed by atoms with Crippen LogP contribution in [0.2, 0.25) is 0 Å². The van der Waals surface area contributed by atoms with E-state index < -0.39 is 45.9 Å². The maximum atomic E-state index is 13.1. The van der Waals surface area contributed by atoms with Crippen LogP contribution in [-0.2, 0) is 16.2 Å². The maximum Gasteiger partial charge on any atom is 0.416 e. The number of sulfonamides is 1. The summed E-state index contributed by atoms with van der Waals surface area (Å²) in [6.07, 6.45) is -4.53. The highest BCUT2D eigenvalue weighted by molar-refractivity contribution is 7.90. The minimum Gasteiger partial charge on any atom is -0.329 e. The highest BCUT2D eigenvalue weighted by atomic mass is 32.2. The van der Waals surface area contributed by atoms with Crippen LogP contribution in [0.15, 0.2) is 114 Å². The van der Waals surface area contributed by atoms with Crippen LogP contribution in [0.3, 0.4) is 0 Å². The van der Waals surface area contributed by atoms with Gasteiger partial charge in [0.15, 0.2) is 0 Å². The maximum absolute atomic E-state index is 13.1. The molecule has 0 aromatic heterocycles. The first-order valence-electron chi connectivity index (χ1n) is 12.7. The summed E-state index contributed by atoms with van der Waals surface area (Å²) in [5.41, 5.74) is 1.20. The Morgan fingerprint density at radius 2 is 1.14 bits per heavy atom. The molecule has 0 aliphatic rings. The second-order valence-electron chi connectivity index (χ2n) is 9.34. The summed E-state index contributed by atoms with van der Waals surface area (Å²) >= 11 is 0. The molecule has 0 saturated carbocycles. The van der Waals surface area contributed by atoms with Crippen molar-refractivity contribution in [2.24, 2.45) is 0 Å². The van der Waals surface area contributed by atoms with E-state index in [0.29, 0.717) is 11.1 Å². The molecule has 0 saturated heterocycles. The van der Waals surface area contributed by atoms with E-state index in [1.165, 1.54) is 12.1 Å². The van der Waals surface area contributed by atoms with Crippen molar-refractivity contribution >= 4 is 27.8 Å². The highest BCUT2D eigenvalue weighted by Crippen LogP contribution is 2.31. The first kappa shape index (κ1) is 30.1. The van der Waals surface area contributed by atoms with Crippen LogP contribution >= 0.6 is 0 Å². The van der Waals surface area contributed by atoms with E-state index in [0.717, 1.165) is 29.8 Å². The fourth-order valence-electron chi connectivity index (χ4n) is 4.16. The van der Waals surface area contributed by atoms with Gasteiger partial charge in [0.25, 0.3) is 10.0 Å². The molecular formula is C30H27F3N4O4S. The number of anilines is 1. The number of urea groups is 2. The topological polar surface area (TPSA) is 116 Å². The Labute approximate surface area is 241 Å². The Kier molecular flexibility index (Phi) is 9.16. The van der Waals surface area contributed by atoms with Gasteiger partial charge in [0.2, 0.25) is 0 Å². The molecular weight excluding hydrogens is 569 g/mol. The number of rotatable bonds is 8. The Bertz CT molecular complexity index is 1620. The molecule has 0 aliphatic heterocycles. The molecule has 4 rings (SSSR count). The molecule has 0 bridgehead atoms. The fraction of sp³-hybridized carbons (Fsp3) is 0.133. The zero-order chi connectivity index (χ0) is 30.3. The van der Waals surface area contributed by atoms with Gasteiger partial charge < -0.3 is 16.0 Å². The standard InChI is InChI=1S/C30H27F3N4O4S/c1-20-12-18-25(19-13-20)42(40,41)37-29(39)36-27(22-10-6-3-7-11-22)26(21-8-4-2-5-9-21)35-28(38)34-24-16-14-23(15-17-24)30(31,32)33/h2-19,26-27H,1H3,(H2,34,35,38)(H2,36,37,39)/t26-,27+/m0/s1. The van der Waals surface area contributed by atoms with Crippen molar-refractivity contribution in [1.82, 2.24) is 15.4 Å². The van der Waals surface area contributed by atoms with Crippen LogP contribution in [0.5, 0.6) is 0 Å². The van der Waals surface area contributed by atoms with E-state index in [9.17, 15) is 31.2 Å². The van der Waals surface area contributed by atoms with Crippen LogP contribution in [0.4, 0.5) is 28.4 Å². The van der Waals surface area contributed by atoms with Gasteiger partial charge in [-0.2, -0.15) is 13.2 Å². The van der Waals surface area contributed by atoms with Crippen LogP contribution in [-0.4, -0.2) is 20.5 Å². The van der Waals surface area contributed by atoms with Gasteiger partial charge in [0.1, 0.15) is 0 Å². The van der Waals surface area contributed by atoms with Crippen LogP contribution in [0.25, 0.3) is 0 Å². The van der Waals surface area contributed by atoms with Crippen molar-refractivity contribution in [2.75, 3.05) is 5.32 Å². The van der Waals surface area contributed by atoms with E-state index in [1.807, 2.05) is 4.72 Å². The summed E-state index contributed by atoms with van der Waals surface area (Å²) in [6, 6.07) is 23.4. The smallest absolute Gasteiger partial charge is 0.329 e. The van der Waals surface area contributed by atoms with E-state index in [4.69, 9.17) is 0 Å². The summed E-state index contributed by atoms with van der Waals surface area (Å²) in [6.45, 7) is 1.80. The van der Waals surface area contributed by atoms with E-state index in [2.05, 4.69) is 16.0 Å². The number of carbonyl (C=O) groups excluding carboxylic acids is 2. The molecule has 12 heteroatoms. The van der Waals surface area contributed by atoms with Gasteiger partial charge in [-0.3, -0.25) is 0 Å². The number of aryl methyl sites for hydroxylation is 1. The molecule has 4 aromatic carbocycles. The van der Waals surface area contributed by atoms with Crippen molar-refractivity contribution in [1.29, 1.82) is 0 Å². The average molecular weight is 597 g/mol. The summed E-state index contributed by atoms with van der Waals surface area (Å²) in [4.78, 5) is 26.1. The number of amides is 4. The third-order valence-electron chi connectivity index (χ3n) is 6.25. The number of benzene rings is 4. The number of carbonyl (C=O) groups is 2. The molecule has 0 spiro atoms. The molecule has 0 unspecified atom stereocenters. The van der Waals surface area contributed by atoms with Crippen molar-refractivity contribution in [3.63, 3.8) is 0 Å². The lowest BCUT2D eigenvalue weighted by atomic mass is 9.93. The minimum absolute atomic E-state index is 0.104. The number of hydrogen-bond acceptors (Lipinski definition) is 4. The van der Waals surface area contributed by atoms with Gasteiger partial charge in [-0.05, 0) is 54.4 Å².